The molecule has 5 nitrogen and oxygen atoms in total. The minimum Gasteiger partial charge on any atom is -0.480 e. The quantitative estimate of drug-likeness (QED) is 0.297. The summed E-state index contributed by atoms with van der Waals surface area (Å²) in [5.74, 6) is -0.467. The van der Waals surface area contributed by atoms with Crippen molar-refractivity contribution in [3.8, 4) is 0 Å². The largest absolute Gasteiger partial charge is 0.480 e. The van der Waals surface area contributed by atoms with Gasteiger partial charge in [-0.25, -0.2) is 0 Å². The molecular weight excluding hydrogens is 274 g/mol. The molecule has 0 aliphatic heterocycles. The number of carboxylic acid groups (broad SMARTS) is 1. The Morgan fingerprint density at radius 1 is 1.40 bits per heavy atom. The summed E-state index contributed by atoms with van der Waals surface area (Å²) in [6.45, 7) is 2.46. The smallest absolute Gasteiger partial charge is 0.320 e. The zero-order valence-electron chi connectivity index (χ0n) is 11.6. The first-order valence-electron chi connectivity index (χ1n) is 6.55. The summed E-state index contributed by atoms with van der Waals surface area (Å²) in [6.07, 6.45) is 2.03. The maximum Gasteiger partial charge on any atom is 0.320 e. The minimum atomic E-state index is -0.955. The molecule has 1 aromatic rings. The van der Waals surface area contributed by atoms with Crippen molar-refractivity contribution in [2.24, 2.45) is 5.73 Å². The molecule has 1 atom stereocenters. The van der Waals surface area contributed by atoms with E-state index >= 15 is 0 Å². The highest BCUT2D eigenvalue weighted by Gasteiger charge is 2.12. The molecule has 0 unspecified atom stereocenters. The average molecular weight is 295 g/mol. The van der Waals surface area contributed by atoms with E-state index in [9.17, 15) is 4.79 Å². The lowest BCUT2D eigenvalue weighted by molar-refractivity contribution is -0.138. The predicted molar refractivity (Wildman–Crippen MR) is 81.9 cm³/mol. The van der Waals surface area contributed by atoms with Crippen LogP contribution in [0.5, 0.6) is 0 Å². The van der Waals surface area contributed by atoms with Crippen molar-refractivity contribution in [1.29, 1.82) is 5.41 Å². The van der Waals surface area contributed by atoms with Gasteiger partial charge >= 0.3 is 5.97 Å². The SMILES string of the molecule is CC(=N)N(CCCC[C@H](N)C(=O)O)Sc1ccccc1. The Kier molecular flexibility index (Phi) is 7.11. The summed E-state index contributed by atoms with van der Waals surface area (Å²) in [7, 11) is 0. The normalized spacial score (nSPS) is 11.9. The van der Waals surface area contributed by atoms with E-state index in [2.05, 4.69) is 0 Å². The second-order valence-electron chi connectivity index (χ2n) is 4.53. The van der Waals surface area contributed by atoms with Crippen molar-refractivity contribution in [2.45, 2.75) is 37.1 Å². The van der Waals surface area contributed by atoms with Crippen LogP contribution in [-0.4, -0.2) is 33.8 Å². The monoisotopic (exact) mass is 295 g/mol. The Morgan fingerprint density at radius 3 is 2.60 bits per heavy atom. The zero-order valence-corrected chi connectivity index (χ0v) is 12.4. The molecule has 20 heavy (non-hydrogen) atoms. The zero-order chi connectivity index (χ0) is 15.0. The van der Waals surface area contributed by atoms with Crippen LogP contribution in [0.25, 0.3) is 0 Å². The van der Waals surface area contributed by atoms with E-state index in [4.69, 9.17) is 16.2 Å². The Labute approximate surface area is 123 Å². The lowest BCUT2D eigenvalue weighted by Crippen LogP contribution is -2.30. The number of carboxylic acids is 1. The van der Waals surface area contributed by atoms with Gasteiger partial charge in [0.15, 0.2) is 0 Å². The Balaban J connectivity index is 2.37. The van der Waals surface area contributed by atoms with Crippen molar-refractivity contribution in [3.63, 3.8) is 0 Å². The molecule has 0 aliphatic carbocycles. The number of nitrogens with two attached hydrogens (primary N) is 1. The van der Waals surface area contributed by atoms with E-state index < -0.39 is 12.0 Å². The minimum absolute atomic E-state index is 0.468. The average Bonchev–Trinajstić information content (AvgIpc) is 2.42. The fourth-order valence-corrected chi connectivity index (χ4v) is 2.52. The third kappa shape index (κ3) is 6.08. The lowest BCUT2D eigenvalue weighted by Gasteiger charge is -2.21. The number of nitrogens with zero attached hydrogens (tertiary/aromatic N) is 1. The number of aliphatic carboxylic acids is 1. The van der Waals surface area contributed by atoms with Crippen molar-refractivity contribution in [3.05, 3.63) is 30.3 Å². The van der Waals surface area contributed by atoms with Gasteiger partial charge in [0.25, 0.3) is 0 Å². The van der Waals surface area contributed by atoms with Gasteiger partial charge in [0.1, 0.15) is 11.9 Å². The first-order valence-corrected chi connectivity index (χ1v) is 7.32. The van der Waals surface area contributed by atoms with Crippen LogP contribution in [0.2, 0.25) is 0 Å². The fourth-order valence-electron chi connectivity index (χ4n) is 1.63. The molecule has 0 saturated carbocycles. The molecule has 0 saturated heterocycles. The summed E-state index contributed by atoms with van der Waals surface area (Å²) in [6, 6.07) is 9.10. The van der Waals surface area contributed by atoms with E-state index in [0.717, 1.165) is 17.7 Å². The third-order valence-electron chi connectivity index (χ3n) is 2.78. The highest BCUT2D eigenvalue weighted by molar-refractivity contribution is 7.97. The molecule has 110 valence electrons. The Morgan fingerprint density at radius 2 is 2.05 bits per heavy atom. The van der Waals surface area contributed by atoms with Gasteiger partial charge in [0.05, 0.1) is 0 Å². The summed E-state index contributed by atoms with van der Waals surface area (Å²) >= 11 is 1.52. The lowest BCUT2D eigenvalue weighted by atomic mass is 10.1. The number of unbranched alkanes of at least 4 members (excludes halogenated alkanes) is 1. The predicted octanol–water partition coefficient (Wildman–Crippen LogP) is 2.58. The second kappa shape index (κ2) is 8.60. The van der Waals surface area contributed by atoms with Crippen LogP contribution < -0.4 is 5.73 Å². The molecular formula is C14H21N3O2S. The molecule has 0 fully saturated rings. The van der Waals surface area contributed by atoms with Crippen LogP contribution in [0.1, 0.15) is 26.2 Å². The van der Waals surface area contributed by atoms with Gasteiger partial charge in [-0.15, -0.1) is 0 Å². The number of benzene rings is 1. The number of hydrogen-bond acceptors (Lipinski definition) is 4. The van der Waals surface area contributed by atoms with Crippen LogP contribution in [0.3, 0.4) is 0 Å². The molecule has 0 bridgehead atoms. The van der Waals surface area contributed by atoms with E-state index in [-0.39, 0.29) is 0 Å². The van der Waals surface area contributed by atoms with E-state index in [1.165, 1.54) is 11.9 Å². The second-order valence-corrected chi connectivity index (χ2v) is 5.63. The Bertz CT molecular complexity index is 439. The van der Waals surface area contributed by atoms with Crippen LogP contribution in [0.15, 0.2) is 35.2 Å². The summed E-state index contributed by atoms with van der Waals surface area (Å²) in [5, 5.41) is 16.5. The molecule has 0 aliphatic rings. The van der Waals surface area contributed by atoms with Crippen LogP contribution >= 0.6 is 11.9 Å². The van der Waals surface area contributed by atoms with E-state index in [0.29, 0.717) is 18.8 Å². The van der Waals surface area contributed by atoms with Crippen LogP contribution in [0.4, 0.5) is 0 Å². The number of nitrogens with one attached hydrogen (secondary N) is 1. The first-order chi connectivity index (χ1) is 9.50. The summed E-state index contributed by atoms with van der Waals surface area (Å²) < 4.78 is 1.90. The highest BCUT2D eigenvalue weighted by Crippen LogP contribution is 2.23. The van der Waals surface area contributed by atoms with Gasteiger partial charge in [-0.05, 0) is 50.3 Å². The molecule has 1 aromatic carbocycles. The van der Waals surface area contributed by atoms with Gasteiger partial charge < -0.3 is 15.1 Å². The molecule has 1 rings (SSSR count). The molecule has 4 N–H and O–H groups in total. The van der Waals surface area contributed by atoms with Gasteiger partial charge in [-0.1, -0.05) is 18.2 Å². The Hall–Kier alpha value is -1.53. The van der Waals surface area contributed by atoms with Crippen molar-refractivity contribution in [1.82, 2.24) is 4.31 Å². The van der Waals surface area contributed by atoms with Crippen LogP contribution in [0, 0.1) is 5.41 Å². The van der Waals surface area contributed by atoms with Gasteiger partial charge in [0.2, 0.25) is 0 Å². The molecule has 0 amide bonds. The van der Waals surface area contributed by atoms with E-state index in [1.807, 2.05) is 34.6 Å². The standard InChI is InChI=1S/C14H21N3O2S/c1-11(15)17(20-12-7-3-2-4-8-12)10-6-5-9-13(16)14(18)19/h2-4,7-8,13,15H,5-6,9-10,16H2,1H3,(H,18,19)/t13-/m0/s1. The molecule has 0 spiro atoms. The van der Waals surface area contributed by atoms with Crippen LogP contribution in [-0.2, 0) is 4.79 Å². The summed E-state index contributed by atoms with van der Waals surface area (Å²) in [4.78, 5) is 11.7. The molecule has 0 heterocycles. The summed E-state index contributed by atoms with van der Waals surface area (Å²) in [5.41, 5.74) is 5.46. The van der Waals surface area contributed by atoms with Gasteiger partial charge in [0, 0.05) is 11.4 Å². The fraction of sp³-hybridized carbons (Fsp3) is 0.429. The molecule has 0 aromatic heterocycles. The number of amidine groups is 1. The number of rotatable bonds is 8. The van der Waals surface area contributed by atoms with E-state index in [1.54, 1.807) is 6.92 Å². The van der Waals surface area contributed by atoms with Gasteiger partial charge in [-0.2, -0.15) is 0 Å². The first kappa shape index (κ1) is 16.5. The molecule has 6 heteroatoms. The maximum atomic E-state index is 10.6. The third-order valence-corrected chi connectivity index (χ3v) is 3.94. The number of hydrogen-bond donors (Lipinski definition) is 3. The van der Waals surface area contributed by atoms with Crippen molar-refractivity contribution < 1.29 is 9.90 Å². The highest BCUT2D eigenvalue weighted by atomic mass is 32.2. The topological polar surface area (TPSA) is 90.4 Å². The van der Waals surface area contributed by atoms with Crippen molar-refractivity contribution in [2.75, 3.05) is 6.54 Å². The van der Waals surface area contributed by atoms with Gasteiger partial charge in [-0.3, -0.25) is 10.2 Å². The van der Waals surface area contributed by atoms with Crippen molar-refractivity contribution >= 4 is 23.8 Å². The maximum absolute atomic E-state index is 10.6. The molecule has 0 radical (unpaired) electrons. The number of carbonyl (C=O) groups is 1.